The molecule has 1 aromatic carbocycles. The van der Waals surface area contributed by atoms with Crippen LogP contribution in [-0.2, 0) is 6.54 Å². The minimum atomic E-state index is 0.627. The van der Waals surface area contributed by atoms with Crippen molar-refractivity contribution in [1.82, 2.24) is 4.98 Å². The number of ether oxygens (including phenoxy) is 2. The Morgan fingerprint density at radius 1 is 1.20 bits per heavy atom. The fourth-order valence-electron chi connectivity index (χ4n) is 1.84. The molecule has 0 aliphatic heterocycles. The Balaban J connectivity index is 2.14. The standard InChI is InChI=1S/C15H17BrN2O2/c1-10-6-13(16)15(17-8-10)18-9-11-4-5-12(19-2)7-14(11)20-3/h4-8H,9H2,1-3H3,(H,17,18). The van der Waals surface area contributed by atoms with Crippen molar-refractivity contribution in [2.75, 3.05) is 19.5 Å². The van der Waals surface area contributed by atoms with Crippen LogP contribution >= 0.6 is 15.9 Å². The molecular formula is C15H17BrN2O2. The number of nitrogens with zero attached hydrogens (tertiary/aromatic N) is 1. The highest BCUT2D eigenvalue weighted by Gasteiger charge is 2.07. The van der Waals surface area contributed by atoms with Gasteiger partial charge in [0.05, 0.1) is 18.7 Å². The van der Waals surface area contributed by atoms with Crippen LogP contribution in [0, 0.1) is 6.92 Å². The number of pyridine rings is 1. The molecule has 1 aromatic heterocycles. The van der Waals surface area contributed by atoms with Gasteiger partial charge in [-0.1, -0.05) is 0 Å². The number of hydrogen-bond acceptors (Lipinski definition) is 4. The predicted octanol–water partition coefficient (Wildman–Crippen LogP) is 3.78. The van der Waals surface area contributed by atoms with Crippen LogP contribution in [0.4, 0.5) is 5.82 Å². The van der Waals surface area contributed by atoms with Gasteiger partial charge in [-0.15, -0.1) is 0 Å². The molecule has 0 aliphatic carbocycles. The Bertz CT molecular complexity index is 602. The third kappa shape index (κ3) is 3.42. The minimum Gasteiger partial charge on any atom is -0.497 e. The molecule has 20 heavy (non-hydrogen) atoms. The summed E-state index contributed by atoms with van der Waals surface area (Å²) in [5.74, 6) is 2.38. The van der Waals surface area contributed by atoms with Crippen LogP contribution in [0.15, 0.2) is 34.9 Å². The van der Waals surface area contributed by atoms with Gasteiger partial charge in [-0.2, -0.15) is 0 Å². The third-order valence-electron chi connectivity index (χ3n) is 2.92. The highest BCUT2D eigenvalue weighted by molar-refractivity contribution is 9.10. The molecule has 2 aromatic rings. The third-order valence-corrected chi connectivity index (χ3v) is 3.52. The van der Waals surface area contributed by atoms with Gasteiger partial charge in [0.1, 0.15) is 17.3 Å². The van der Waals surface area contributed by atoms with Crippen LogP contribution in [0.1, 0.15) is 11.1 Å². The van der Waals surface area contributed by atoms with Crippen LogP contribution in [0.3, 0.4) is 0 Å². The molecule has 0 saturated carbocycles. The zero-order valence-electron chi connectivity index (χ0n) is 11.7. The number of halogens is 1. The minimum absolute atomic E-state index is 0.627. The second-order valence-electron chi connectivity index (χ2n) is 4.37. The maximum Gasteiger partial charge on any atom is 0.140 e. The number of rotatable bonds is 5. The highest BCUT2D eigenvalue weighted by atomic mass is 79.9. The van der Waals surface area contributed by atoms with Crippen molar-refractivity contribution in [2.24, 2.45) is 0 Å². The molecule has 0 atom stereocenters. The zero-order chi connectivity index (χ0) is 14.5. The van der Waals surface area contributed by atoms with Crippen molar-refractivity contribution in [3.8, 4) is 11.5 Å². The molecule has 0 fully saturated rings. The van der Waals surface area contributed by atoms with Crippen LogP contribution in [0.25, 0.3) is 0 Å². The molecule has 0 unspecified atom stereocenters. The van der Waals surface area contributed by atoms with Crippen molar-refractivity contribution in [1.29, 1.82) is 0 Å². The molecule has 0 bridgehead atoms. The lowest BCUT2D eigenvalue weighted by Crippen LogP contribution is -2.04. The summed E-state index contributed by atoms with van der Waals surface area (Å²) < 4.78 is 11.5. The van der Waals surface area contributed by atoms with Crippen LogP contribution in [0.5, 0.6) is 11.5 Å². The van der Waals surface area contributed by atoms with Gasteiger partial charge in [0.15, 0.2) is 0 Å². The average molecular weight is 337 g/mol. The molecule has 0 radical (unpaired) electrons. The quantitative estimate of drug-likeness (QED) is 0.902. The molecule has 0 amide bonds. The number of nitrogens with one attached hydrogen (secondary N) is 1. The van der Waals surface area contributed by atoms with E-state index in [-0.39, 0.29) is 0 Å². The first-order valence-electron chi connectivity index (χ1n) is 6.21. The molecule has 1 N–H and O–H groups in total. The summed E-state index contributed by atoms with van der Waals surface area (Å²) in [5.41, 5.74) is 2.16. The summed E-state index contributed by atoms with van der Waals surface area (Å²) >= 11 is 3.50. The fraction of sp³-hybridized carbons (Fsp3) is 0.267. The first-order chi connectivity index (χ1) is 9.63. The number of methoxy groups -OCH3 is 2. The first kappa shape index (κ1) is 14.7. The highest BCUT2D eigenvalue weighted by Crippen LogP contribution is 2.26. The van der Waals surface area contributed by atoms with E-state index in [2.05, 4.69) is 26.2 Å². The number of aryl methyl sites for hydroxylation is 1. The van der Waals surface area contributed by atoms with E-state index in [0.717, 1.165) is 32.9 Å². The molecule has 2 rings (SSSR count). The second kappa shape index (κ2) is 6.61. The topological polar surface area (TPSA) is 43.4 Å². The first-order valence-corrected chi connectivity index (χ1v) is 7.00. The molecule has 106 valence electrons. The lowest BCUT2D eigenvalue weighted by atomic mass is 10.2. The number of anilines is 1. The number of benzene rings is 1. The lowest BCUT2D eigenvalue weighted by molar-refractivity contribution is 0.391. The van der Waals surface area contributed by atoms with Crippen LogP contribution in [0.2, 0.25) is 0 Å². The Morgan fingerprint density at radius 2 is 2.00 bits per heavy atom. The van der Waals surface area contributed by atoms with Crippen molar-refractivity contribution in [3.05, 3.63) is 46.1 Å². The normalized spacial score (nSPS) is 10.2. The molecule has 1 heterocycles. The van der Waals surface area contributed by atoms with E-state index in [1.165, 1.54) is 0 Å². The van der Waals surface area contributed by atoms with Crippen molar-refractivity contribution < 1.29 is 9.47 Å². The van der Waals surface area contributed by atoms with Crippen molar-refractivity contribution in [2.45, 2.75) is 13.5 Å². The zero-order valence-corrected chi connectivity index (χ0v) is 13.3. The second-order valence-corrected chi connectivity index (χ2v) is 5.23. The van der Waals surface area contributed by atoms with Crippen molar-refractivity contribution in [3.63, 3.8) is 0 Å². The van der Waals surface area contributed by atoms with Crippen LogP contribution < -0.4 is 14.8 Å². The summed E-state index contributed by atoms with van der Waals surface area (Å²) in [5, 5.41) is 3.29. The SMILES string of the molecule is COc1ccc(CNc2ncc(C)cc2Br)c(OC)c1. The number of aromatic nitrogens is 1. The van der Waals surface area contributed by atoms with E-state index in [1.54, 1.807) is 14.2 Å². The summed E-state index contributed by atoms with van der Waals surface area (Å²) in [6, 6.07) is 7.79. The number of hydrogen-bond donors (Lipinski definition) is 1. The average Bonchev–Trinajstić information content (AvgIpc) is 2.46. The van der Waals surface area contributed by atoms with E-state index >= 15 is 0 Å². The monoisotopic (exact) mass is 336 g/mol. The van der Waals surface area contributed by atoms with E-state index in [4.69, 9.17) is 9.47 Å². The van der Waals surface area contributed by atoms with Gasteiger partial charge in [0.25, 0.3) is 0 Å². The Morgan fingerprint density at radius 3 is 2.65 bits per heavy atom. The fourth-order valence-corrected chi connectivity index (χ4v) is 2.44. The maximum absolute atomic E-state index is 5.37. The van der Waals surface area contributed by atoms with Gasteiger partial charge in [0, 0.05) is 24.4 Å². The Kier molecular flexibility index (Phi) is 4.84. The Labute approximate surface area is 127 Å². The van der Waals surface area contributed by atoms with E-state index < -0.39 is 0 Å². The van der Waals surface area contributed by atoms with Gasteiger partial charge in [-0.05, 0) is 46.6 Å². The molecule has 0 aliphatic rings. The largest absolute Gasteiger partial charge is 0.497 e. The molecule has 0 spiro atoms. The summed E-state index contributed by atoms with van der Waals surface area (Å²) in [4.78, 5) is 4.36. The molecule has 0 saturated heterocycles. The van der Waals surface area contributed by atoms with Crippen molar-refractivity contribution >= 4 is 21.7 Å². The van der Waals surface area contributed by atoms with Gasteiger partial charge in [-0.3, -0.25) is 0 Å². The Hall–Kier alpha value is -1.75. The molecular weight excluding hydrogens is 320 g/mol. The van der Waals surface area contributed by atoms with E-state index in [0.29, 0.717) is 6.54 Å². The van der Waals surface area contributed by atoms with E-state index in [1.807, 2.05) is 37.4 Å². The summed E-state index contributed by atoms with van der Waals surface area (Å²) in [7, 11) is 3.29. The molecule has 5 heteroatoms. The van der Waals surface area contributed by atoms with Gasteiger partial charge in [0.2, 0.25) is 0 Å². The van der Waals surface area contributed by atoms with E-state index in [9.17, 15) is 0 Å². The predicted molar refractivity (Wildman–Crippen MR) is 83.5 cm³/mol. The molecule has 4 nitrogen and oxygen atoms in total. The lowest BCUT2D eigenvalue weighted by Gasteiger charge is -2.12. The van der Waals surface area contributed by atoms with Gasteiger partial charge >= 0.3 is 0 Å². The van der Waals surface area contributed by atoms with Gasteiger partial charge in [-0.25, -0.2) is 4.98 Å². The van der Waals surface area contributed by atoms with Crippen LogP contribution in [-0.4, -0.2) is 19.2 Å². The smallest absolute Gasteiger partial charge is 0.140 e. The van der Waals surface area contributed by atoms with Gasteiger partial charge < -0.3 is 14.8 Å². The maximum atomic E-state index is 5.37. The summed E-state index contributed by atoms with van der Waals surface area (Å²) in [6.07, 6.45) is 1.83. The summed E-state index contributed by atoms with van der Waals surface area (Å²) in [6.45, 7) is 2.63.